The molecule has 0 N–H and O–H groups in total. The molecule has 3 heteroatoms. The smallest absolute Gasteiger partial charge is 0.0715 e. The lowest BCUT2D eigenvalue weighted by molar-refractivity contribution is 0.590. The summed E-state index contributed by atoms with van der Waals surface area (Å²) in [7, 11) is 0. The van der Waals surface area contributed by atoms with Gasteiger partial charge in [-0.15, -0.1) is 0 Å². The third kappa shape index (κ3) is 6.84. The monoisotopic (exact) mass is 841 g/mol. The number of fused-ring (bicyclic) bond motifs is 7. The topological polar surface area (TPSA) is 21.1 Å². The normalized spacial score (nSPS) is 13.4. The molecular weight excluding hydrogens is 787 g/mol. The largest absolute Gasteiger partial charge is 0.310 e. The summed E-state index contributed by atoms with van der Waals surface area (Å²) >= 11 is 0. The van der Waals surface area contributed by atoms with Crippen LogP contribution in [0.5, 0.6) is 0 Å². The first-order valence-corrected chi connectivity index (χ1v) is 23.0. The highest BCUT2D eigenvalue weighted by atomic mass is 15.1. The van der Waals surface area contributed by atoms with Gasteiger partial charge in [0.25, 0.3) is 0 Å². The number of aromatic nitrogens is 2. The van der Waals surface area contributed by atoms with E-state index in [0.717, 1.165) is 45.1 Å². The van der Waals surface area contributed by atoms with Crippen LogP contribution in [0.15, 0.2) is 188 Å². The van der Waals surface area contributed by atoms with Gasteiger partial charge in [-0.05, 0) is 122 Å². The molecule has 10 aromatic rings. The zero-order valence-corrected chi connectivity index (χ0v) is 38.7. The SMILES string of the molecule is CC(C)(C)c1ccc(N(c2ccc(C(C)(C)C)cc2)c2cc3c4c(c2)c2c5ccccc5ccc2n4-c2ccc(-c4cc(-c5ccccc5)cc(-c5ccccc5)n4)cc2C3(C)C)cc1. The van der Waals surface area contributed by atoms with Gasteiger partial charge < -0.3 is 9.47 Å². The molecule has 0 atom stereocenters. The molecule has 0 unspecified atom stereocenters. The summed E-state index contributed by atoms with van der Waals surface area (Å²) in [4.78, 5) is 7.85. The lowest BCUT2D eigenvalue weighted by Gasteiger charge is -2.36. The zero-order chi connectivity index (χ0) is 44.8. The van der Waals surface area contributed by atoms with Crippen molar-refractivity contribution in [3.8, 4) is 39.3 Å². The van der Waals surface area contributed by atoms with Gasteiger partial charge in [-0.1, -0.05) is 177 Å². The van der Waals surface area contributed by atoms with Gasteiger partial charge >= 0.3 is 0 Å². The molecule has 318 valence electrons. The molecule has 2 aromatic heterocycles. The molecule has 0 spiro atoms. The molecular formula is C62H55N3. The Kier molecular flexibility index (Phi) is 9.31. The highest BCUT2D eigenvalue weighted by Crippen LogP contribution is 2.52. The summed E-state index contributed by atoms with van der Waals surface area (Å²) in [6.45, 7) is 18.5. The molecule has 1 aliphatic heterocycles. The minimum atomic E-state index is -0.378. The van der Waals surface area contributed by atoms with Crippen molar-refractivity contribution in [3.63, 3.8) is 0 Å². The third-order valence-electron chi connectivity index (χ3n) is 13.9. The van der Waals surface area contributed by atoms with Gasteiger partial charge in [0.1, 0.15) is 0 Å². The van der Waals surface area contributed by atoms with Crippen molar-refractivity contribution in [3.05, 3.63) is 210 Å². The summed E-state index contributed by atoms with van der Waals surface area (Å²) in [5.74, 6) is 0. The van der Waals surface area contributed by atoms with Crippen LogP contribution >= 0.6 is 0 Å². The molecule has 65 heavy (non-hydrogen) atoms. The van der Waals surface area contributed by atoms with Crippen LogP contribution in [0.2, 0.25) is 0 Å². The Morgan fingerprint density at radius 3 is 1.63 bits per heavy atom. The van der Waals surface area contributed by atoms with Crippen LogP contribution in [0.3, 0.4) is 0 Å². The zero-order valence-electron chi connectivity index (χ0n) is 38.7. The van der Waals surface area contributed by atoms with Crippen molar-refractivity contribution in [2.75, 3.05) is 4.90 Å². The van der Waals surface area contributed by atoms with E-state index >= 15 is 0 Å². The van der Waals surface area contributed by atoms with Gasteiger partial charge in [0.05, 0.1) is 28.1 Å². The van der Waals surface area contributed by atoms with Crippen LogP contribution in [0.4, 0.5) is 17.1 Å². The van der Waals surface area contributed by atoms with E-state index in [1.165, 1.54) is 66.1 Å². The van der Waals surface area contributed by atoms with E-state index in [1.807, 2.05) is 0 Å². The predicted octanol–water partition coefficient (Wildman–Crippen LogP) is 17.0. The number of hydrogen-bond acceptors (Lipinski definition) is 2. The Morgan fingerprint density at radius 1 is 0.446 bits per heavy atom. The van der Waals surface area contributed by atoms with E-state index in [9.17, 15) is 0 Å². The van der Waals surface area contributed by atoms with E-state index in [2.05, 4.69) is 253 Å². The van der Waals surface area contributed by atoms with Gasteiger partial charge in [-0.3, -0.25) is 0 Å². The Bertz CT molecular complexity index is 3320. The van der Waals surface area contributed by atoms with E-state index in [1.54, 1.807) is 0 Å². The van der Waals surface area contributed by atoms with E-state index in [0.29, 0.717) is 0 Å². The molecule has 0 bridgehead atoms. The summed E-state index contributed by atoms with van der Waals surface area (Å²) in [5, 5.41) is 5.05. The first kappa shape index (κ1) is 40.5. The number of rotatable bonds is 6. The van der Waals surface area contributed by atoms with Gasteiger partial charge in [-0.25, -0.2) is 4.98 Å². The van der Waals surface area contributed by atoms with Crippen LogP contribution in [-0.2, 0) is 16.2 Å². The minimum Gasteiger partial charge on any atom is -0.310 e. The molecule has 8 aromatic carbocycles. The van der Waals surface area contributed by atoms with Gasteiger partial charge in [-0.2, -0.15) is 0 Å². The Labute approximate surface area is 383 Å². The Hall–Kier alpha value is -7.23. The van der Waals surface area contributed by atoms with E-state index in [4.69, 9.17) is 4.98 Å². The quantitative estimate of drug-likeness (QED) is 0.166. The fourth-order valence-electron chi connectivity index (χ4n) is 10.2. The van der Waals surface area contributed by atoms with Gasteiger partial charge in [0, 0.05) is 44.4 Å². The highest BCUT2D eigenvalue weighted by molar-refractivity contribution is 6.23. The molecule has 0 saturated carbocycles. The van der Waals surface area contributed by atoms with Crippen molar-refractivity contribution in [1.29, 1.82) is 0 Å². The molecule has 3 nitrogen and oxygen atoms in total. The average molecular weight is 842 g/mol. The van der Waals surface area contributed by atoms with Crippen molar-refractivity contribution in [2.45, 2.75) is 71.6 Å². The first-order chi connectivity index (χ1) is 31.2. The lowest BCUT2D eigenvalue weighted by Crippen LogP contribution is -2.27. The van der Waals surface area contributed by atoms with Crippen molar-refractivity contribution in [2.24, 2.45) is 0 Å². The van der Waals surface area contributed by atoms with Crippen LogP contribution in [0, 0.1) is 0 Å². The standard InChI is InChI=1S/C62H55N3/c1-60(2,3)45-25-29-47(30-26-45)64(48-31-27-46(28-32-48)61(4,5)6)49-38-51-58-50-22-16-15-19-41(50)23-34-57(58)65-56-33-24-43(35-52(56)62(7,8)53(39-49)59(51)65)55-37-44(40-17-11-9-12-18-40)36-54(63-55)42-20-13-10-14-21-42/h9-39H,1-8H3. The maximum absolute atomic E-state index is 5.39. The molecule has 0 fully saturated rings. The van der Waals surface area contributed by atoms with Crippen molar-refractivity contribution >= 4 is 49.6 Å². The van der Waals surface area contributed by atoms with Crippen LogP contribution < -0.4 is 4.90 Å². The van der Waals surface area contributed by atoms with E-state index < -0.39 is 0 Å². The first-order valence-electron chi connectivity index (χ1n) is 23.0. The summed E-state index contributed by atoms with van der Waals surface area (Å²) in [6, 6.07) is 69.6. The van der Waals surface area contributed by atoms with Crippen LogP contribution in [-0.4, -0.2) is 9.55 Å². The molecule has 1 aliphatic rings. The lowest BCUT2D eigenvalue weighted by atomic mass is 9.73. The summed E-state index contributed by atoms with van der Waals surface area (Å²) in [5.41, 5.74) is 18.5. The number of anilines is 3. The maximum Gasteiger partial charge on any atom is 0.0715 e. The molecule has 0 radical (unpaired) electrons. The summed E-state index contributed by atoms with van der Waals surface area (Å²) < 4.78 is 2.55. The molecule has 3 heterocycles. The molecule has 0 aliphatic carbocycles. The van der Waals surface area contributed by atoms with Crippen LogP contribution in [0.1, 0.15) is 77.6 Å². The minimum absolute atomic E-state index is 0.0431. The summed E-state index contributed by atoms with van der Waals surface area (Å²) in [6.07, 6.45) is 0. The maximum atomic E-state index is 5.39. The van der Waals surface area contributed by atoms with E-state index in [-0.39, 0.29) is 16.2 Å². The fraction of sp³-hybridized carbons (Fsp3) is 0.177. The Balaban J connectivity index is 1.17. The fourth-order valence-corrected chi connectivity index (χ4v) is 10.2. The molecule has 0 amide bonds. The Morgan fingerprint density at radius 2 is 1.02 bits per heavy atom. The number of pyridine rings is 1. The van der Waals surface area contributed by atoms with Gasteiger partial charge in [0.2, 0.25) is 0 Å². The number of hydrogen-bond donors (Lipinski definition) is 0. The number of benzene rings is 8. The highest BCUT2D eigenvalue weighted by Gasteiger charge is 2.37. The van der Waals surface area contributed by atoms with Gasteiger partial charge in [0.15, 0.2) is 0 Å². The second-order valence-electron chi connectivity index (χ2n) is 20.6. The van der Waals surface area contributed by atoms with Crippen molar-refractivity contribution < 1.29 is 0 Å². The average Bonchev–Trinajstić information content (AvgIpc) is 3.66. The predicted molar refractivity (Wildman–Crippen MR) is 277 cm³/mol. The third-order valence-corrected chi connectivity index (χ3v) is 13.9. The number of nitrogens with zero attached hydrogens (tertiary/aromatic N) is 3. The van der Waals surface area contributed by atoms with Crippen LogP contribution in [0.25, 0.3) is 71.9 Å². The molecule has 0 saturated heterocycles. The second kappa shape index (κ2) is 14.9. The van der Waals surface area contributed by atoms with Crippen molar-refractivity contribution in [1.82, 2.24) is 9.55 Å². The molecule has 11 rings (SSSR count). The second-order valence-corrected chi connectivity index (χ2v) is 20.6.